The van der Waals surface area contributed by atoms with Gasteiger partial charge in [-0.25, -0.2) is 4.98 Å². The van der Waals surface area contributed by atoms with Gasteiger partial charge in [-0.1, -0.05) is 13.8 Å². The van der Waals surface area contributed by atoms with Crippen molar-refractivity contribution in [2.75, 3.05) is 5.73 Å². The topological polar surface area (TPSA) is 38.9 Å². The number of nitrogens with two attached hydrogens (primary N) is 1. The first-order chi connectivity index (χ1) is 7.24. The molecule has 0 fully saturated rings. The Bertz CT molecular complexity index is 458. The molecule has 15 heavy (non-hydrogen) atoms. The molecule has 2 rings (SSSR count). The summed E-state index contributed by atoms with van der Waals surface area (Å²) in [5.74, 6) is 0.601. The second-order valence-electron chi connectivity index (χ2n) is 3.79. The number of benzene rings is 1. The van der Waals surface area contributed by atoms with Crippen LogP contribution in [0.5, 0.6) is 0 Å². The average molecular weight is 220 g/mol. The van der Waals surface area contributed by atoms with E-state index in [-0.39, 0.29) is 0 Å². The molecule has 1 heterocycles. The molecule has 0 saturated heterocycles. The van der Waals surface area contributed by atoms with Crippen LogP contribution in [-0.2, 0) is 0 Å². The summed E-state index contributed by atoms with van der Waals surface area (Å²) < 4.78 is 1.21. The third kappa shape index (κ3) is 1.97. The van der Waals surface area contributed by atoms with Crippen molar-refractivity contribution in [3.8, 4) is 0 Å². The Balaban J connectivity index is 2.46. The fourth-order valence-electron chi connectivity index (χ4n) is 1.77. The molecule has 2 aromatic rings. The highest BCUT2D eigenvalue weighted by Gasteiger charge is 2.12. The summed E-state index contributed by atoms with van der Waals surface area (Å²) in [6.07, 6.45) is 2.32. The fraction of sp³-hybridized carbons (Fsp3) is 0.417. The van der Waals surface area contributed by atoms with Crippen molar-refractivity contribution < 1.29 is 0 Å². The van der Waals surface area contributed by atoms with Gasteiger partial charge in [0.05, 0.1) is 15.2 Å². The minimum atomic E-state index is 0.601. The molecule has 3 heteroatoms. The van der Waals surface area contributed by atoms with Crippen molar-refractivity contribution in [1.29, 1.82) is 0 Å². The molecule has 0 bridgehead atoms. The Morgan fingerprint density at radius 1 is 1.33 bits per heavy atom. The van der Waals surface area contributed by atoms with Gasteiger partial charge in [-0.05, 0) is 31.0 Å². The van der Waals surface area contributed by atoms with E-state index in [1.807, 2.05) is 18.2 Å². The van der Waals surface area contributed by atoms with Crippen LogP contribution >= 0.6 is 11.3 Å². The molecule has 2 nitrogen and oxygen atoms in total. The van der Waals surface area contributed by atoms with E-state index in [4.69, 9.17) is 5.73 Å². The minimum absolute atomic E-state index is 0.601. The van der Waals surface area contributed by atoms with Crippen molar-refractivity contribution >= 4 is 27.2 Å². The third-order valence-corrected chi connectivity index (χ3v) is 3.94. The molecule has 0 unspecified atom stereocenters. The molecule has 0 aliphatic rings. The summed E-state index contributed by atoms with van der Waals surface area (Å²) in [6, 6.07) is 5.94. The SMILES string of the molecule is CCC(CC)c1nc2ccc(N)cc2s1. The van der Waals surface area contributed by atoms with Gasteiger partial charge in [-0.2, -0.15) is 0 Å². The smallest absolute Gasteiger partial charge is 0.0969 e. The monoisotopic (exact) mass is 220 g/mol. The summed E-state index contributed by atoms with van der Waals surface area (Å²) >= 11 is 1.78. The first kappa shape index (κ1) is 10.4. The molecule has 0 saturated carbocycles. The van der Waals surface area contributed by atoms with E-state index in [0.717, 1.165) is 24.0 Å². The molecular formula is C12H16N2S. The highest BCUT2D eigenvalue weighted by atomic mass is 32.1. The average Bonchev–Trinajstić information content (AvgIpc) is 2.62. The lowest BCUT2D eigenvalue weighted by Gasteiger charge is -2.06. The minimum Gasteiger partial charge on any atom is -0.399 e. The molecule has 80 valence electrons. The van der Waals surface area contributed by atoms with Crippen LogP contribution in [0.15, 0.2) is 18.2 Å². The Kier molecular flexibility index (Phi) is 2.91. The molecule has 0 amide bonds. The summed E-state index contributed by atoms with van der Waals surface area (Å²) in [4.78, 5) is 4.66. The summed E-state index contributed by atoms with van der Waals surface area (Å²) in [5, 5.41) is 1.25. The maximum Gasteiger partial charge on any atom is 0.0969 e. The number of hydrogen-bond donors (Lipinski definition) is 1. The summed E-state index contributed by atoms with van der Waals surface area (Å²) in [6.45, 7) is 4.43. The van der Waals surface area contributed by atoms with E-state index < -0.39 is 0 Å². The molecule has 0 radical (unpaired) electrons. The van der Waals surface area contributed by atoms with Crippen molar-refractivity contribution in [1.82, 2.24) is 4.98 Å². The molecule has 0 aliphatic carbocycles. The van der Waals surface area contributed by atoms with Crippen LogP contribution in [0.3, 0.4) is 0 Å². The molecule has 0 spiro atoms. The molecule has 0 atom stereocenters. The van der Waals surface area contributed by atoms with Crippen LogP contribution in [0, 0.1) is 0 Å². The highest BCUT2D eigenvalue weighted by molar-refractivity contribution is 7.18. The number of aromatic nitrogens is 1. The van der Waals surface area contributed by atoms with Crippen LogP contribution in [0.25, 0.3) is 10.2 Å². The van der Waals surface area contributed by atoms with Crippen LogP contribution in [0.1, 0.15) is 37.6 Å². The molecule has 2 N–H and O–H groups in total. The highest BCUT2D eigenvalue weighted by Crippen LogP contribution is 2.31. The lowest BCUT2D eigenvalue weighted by atomic mass is 10.1. The van der Waals surface area contributed by atoms with E-state index in [0.29, 0.717) is 5.92 Å². The first-order valence-electron chi connectivity index (χ1n) is 5.40. The lowest BCUT2D eigenvalue weighted by Crippen LogP contribution is -1.93. The zero-order chi connectivity index (χ0) is 10.8. The van der Waals surface area contributed by atoms with Gasteiger partial charge in [0.2, 0.25) is 0 Å². The second-order valence-corrected chi connectivity index (χ2v) is 4.85. The number of anilines is 1. The number of thiazole rings is 1. The zero-order valence-electron chi connectivity index (χ0n) is 9.16. The van der Waals surface area contributed by atoms with Crippen LogP contribution in [-0.4, -0.2) is 4.98 Å². The van der Waals surface area contributed by atoms with Crippen molar-refractivity contribution in [3.63, 3.8) is 0 Å². The third-order valence-electron chi connectivity index (χ3n) is 2.76. The molecule has 0 aliphatic heterocycles. The maximum absolute atomic E-state index is 5.75. The van der Waals surface area contributed by atoms with E-state index in [1.54, 1.807) is 11.3 Å². The van der Waals surface area contributed by atoms with E-state index in [9.17, 15) is 0 Å². The van der Waals surface area contributed by atoms with Gasteiger partial charge in [-0.3, -0.25) is 0 Å². The van der Waals surface area contributed by atoms with Crippen molar-refractivity contribution in [3.05, 3.63) is 23.2 Å². The maximum atomic E-state index is 5.75. The standard InChI is InChI=1S/C12H16N2S/c1-3-8(4-2)12-14-10-6-5-9(13)7-11(10)15-12/h5-8H,3-4,13H2,1-2H3. The van der Waals surface area contributed by atoms with Crippen LogP contribution in [0.2, 0.25) is 0 Å². The van der Waals surface area contributed by atoms with Gasteiger partial charge in [0, 0.05) is 11.6 Å². The summed E-state index contributed by atoms with van der Waals surface area (Å²) in [7, 11) is 0. The number of fused-ring (bicyclic) bond motifs is 1. The van der Waals surface area contributed by atoms with Gasteiger partial charge in [-0.15, -0.1) is 11.3 Å². The van der Waals surface area contributed by atoms with E-state index in [2.05, 4.69) is 18.8 Å². The molecule has 1 aromatic carbocycles. The number of nitrogens with zero attached hydrogens (tertiary/aromatic N) is 1. The quantitative estimate of drug-likeness (QED) is 0.799. The van der Waals surface area contributed by atoms with Gasteiger partial charge in [0.1, 0.15) is 0 Å². The Hall–Kier alpha value is -1.09. The Morgan fingerprint density at radius 3 is 2.73 bits per heavy atom. The Labute approximate surface area is 94.1 Å². The van der Waals surface area contributed by atoms with Gasteiger partial charge < -0.3 is 5.73 Å². The van der Waals surface area contributed by atoms with Crippen molar-refractivity contribution in [2.24, 2.45) is 0 Å². The lowest BCUT2D eigenvalue weighted by molar-refractivity contribution is 0.639. The fourth-order valence-corrected chi connectivity index (χ4v) is 3.05. The van der Waals surface area contributed by atoms with Gasteiger partial charge >= 0.3 is 0 Å². The largest absolute Gasteiger partial charge is 0.399 e. The number of hydrogen-bond acceptors (Lipinski definition) is 3. The molecular weight excluding hydrogens is 204 g/mol. The second kappa shape index (κ2) is 4.19. The predicted molar refractivity (Wildman–Crippen MR) is 67.4 cm³/mol. The predicted octanol–water partition coefficient (Wildman–Crippen LogP) is 3.78. The Morgan fingerprint density at radius 2 is 2.07 bits per heavy atom. The van der Waals surface area contributed by atoms with E-state index >= 15 is 0 Å². The summed E-state index contributed by atoms with van der Waals surface area (Å²) in [5.41, 5.74) is 7.65. The van der Waals surface area contributed by atoms with Crippen molar-refractivity contribution in [2.45, 2.75) is 32.6 Å². The van der Waals surface area contributed by atoms with Gasteiger partial charge in [0.25, 0.3) is 0 Å². The van der Waals surface area contributed by atoms with Gasteiger partial charge in [0.15, 0.2) is 0 Å². The first-order valence-corrected chi connectivity index (χ1v) is 6.22. The van der Waals surface area contributed by atoms with Crippen LogP contribution in [0.4, 0.5) is 5.69 Å². The van der Waals surface area contributed by atoms with E-state index in [1.165, 1.54) is 9.71 Å². The van der Waals surface area contributed by atoms with Crippen LogP contribution < -0.4 is 5.73 Å². The number of rotatable bonds is 3. The zero-order valence-corrected chi connectivity index (χ0v) is 9.97. The normalized spacial score (nSPS) is 11.4. The molecule has 1 aromatic heterocycles. The number of nitrogen functional groups attached to an aromatic ring is 1.